The maximum Gasteiger partial charge on any atom is 0.119 e. The van der Waals surface area contributed by atoms with Gasteiger partial charge in [0, 0.05) is 16.6 Å². The fourth-order valence-electron chi connectivity index (χ4n) is 4.03. The van der Waals surface area contributed by atoms with E-state index in [4.69, 9.17) is 16.3 Å². The lowest BCUT2D eigenvalue weighted by atomic mass is 9.77. The van der Waals surface area contributed by atoms with Gasteiger partial charge in [0.2, 0.25) is 0 Å². The summed E-state index contributed by atoms with van der Waals surface area (Å²) in [4.78, 5) is 0. The van der Waals surface area contributed by atoms with Crippen molar-refractivity contribution in [3.63, 3.8) is 0 Å². The summed E-state index contributed by atoms with van der Waals surface area (Å²) >= 11 is 6.49. The van der Waals surface area contributed by atoms with Gasteiger partial charge in [-0.3, -0.25) is 0 Å². The molecule has 0 spiro atoms. The molecule has 3 atom stereocenters. The smallest absolute Gasteiger partial charge is 0.119 e. The summed E-state index contributed by atoms with van der Waals surface area (Å²) in [5.41, 5.74) is 3.73. The van der Waals surface area contributed by atoms with Crippen molar-refractivity contribution in [2.75, 3.05) is 11.9 Å². The predicted octanol–water partition coefficient (Wildman–Crippen LogP) is 6.35. The Hall–Kier alpha value is -1.93. The summed E-state index contributed by atoms with van der Waals surface area (Å²) in [6.07, 6.45) is 7.98. The molecule has 2 aromatic carbocycles. The summed E-state index contributed by atoms with van der Waals surface area (Å²) in [7, 11) is 0. The molecule has 0 fully saturated rings. The van der Waals surface area contributed by atoms with Crippen LogP contribution in [0.2, 0.25) is 5.02 Å². The van der Waals surface area contributed by atoms with Crippen molar-refractivity contribution in [3.8, 4) is 5.75 Å². The highest BCUT2D eigenvalue weighted by Crippen LogP contribution is 2.51. The van der Waals surface area contributed by atoms with Gasteiger partial charge < -0.3 is 10.1 Å². The van der Waals surface area contributed by atoms with Crippen molar-refractivity contribution in [1.82, 2.24) is 0 Å². The van der Waals surface area contributed by atoms with Gasteiger partial charge in [-0.05, 0) is 54.2 Å². The Morgan fingerprint density at radius 2 is 2.04 bits per heavy atom. The van der Waals surface area contributed by atoms with E-state index in [9.17, 15) is 0 Å². The molecule has 0 amide bonds. The van der Waals surface area contributed by atoms with Crippen LogP contribution in [0.3, 0.4) is 0 Å². The summed E-state index contributed by atoms with van der Waals surface area (Å²) in [5.74, 6) is 1.90. The number of allylic oxidation sites excluding steroid dienone is 2. The first-order valence-corrected chi connectivity index (χ1v) is 9.60. The van der Waals surface area contributed by atoms with E-state index in [2.05, 4.69) is 54.7 Å². The summed E-state index contributed by atoms with van der Waals surface area (Å²) in [6, 6.07) is 14.9. The Morgan fingerprint density at radius 1 is 1.16 bits per heavy atom. The average molecular weight is 354 g/mol. The quantitative estimate of drug-likeness (QED) is 0.499. The van der Waals surface area contributed by atoms with E-state index < -0.39 is 0 Å². The topological polar surface area (TPSA) is 21.3 Å². The number of benzene rings is 2. The van der Waals surface area contributed by atoms with Crippen LogP contribution in [0, 0.1) is 5.92 Å². The molecule has 2 nitrogen and oxygen atoms in total. The number of halogens is 1. The lowest BCUT2D eigenvalue weighted by Gasteiger charge is -2.38. The number of ether oxygens (including phenoxy) is 1. The Morgan fingerprint density at radius 3 is 2.88 bits per heavy atom. The Kier molecular flexibility index (Phi) is 4.72. The van der Waals surface area contributed by atoms with Crippen molar-refractivity contribution in [3.05, 3.63) is 70.8 Å². The lowest BCUT2D eigenvalue weighted by molar-refractivity contribution is 0.308. The number of nitrogens with one attached hydrogen (secondary N) is 1. The van der Waals surface area contributed by atoms with Crippen molar-refractivity contribution in [2.24, 2.45) is 5.92 Å². The summed E-state index contributed by atoms with van der Waals surface area (Å²) < 4.78 is 5.92. The molecule has 130 valence electrons. The monoisotopic (exact) mass is 353 g/mol. The van der Waals surface area contributed by atoms with Gasteiger partial charge in [-0.2, -0.15) is 0 Å². The molecule has 0 bridgehead atoms. The SMILES string of the molecule is CCCCOc1ccc2c(c1)C1C=CCC1C(c1ccccc1Cl)N2. The minimum absolute atomic E-state index is 0.244. The average Bonchev–Trinajstić information content (AvgIpc) is 3.12. The van der Waals surface area contributed by atoms with E-state index >= 15 is 0 Å². The summed E-state index contributed by atoms with van der Waals surface area (Å²) in [6.45, 7) is 2.97. The molecular weight excluding hydrogens is 330 g/mol. The third kappa shape index (κ3) is 3.16. The predicted molar refractivity (Wildman–Crippen MR) is 105 cm³/mol. The van der Waals surface area contributed by atoms with E-state index in [-0.39, 0.29) is 6.04 Å². The van der Waals surface area contributed by atoms with E-state index in [1.807, 2.05) is 12.1 Å². The molecule has 0 aromatic heterocycles. The fraction of sp³-hybridized carbons (Fsp3) is 0.364. The van der Waals surface area contributed by atoms with Crippen LogP contribution in [-0.4, -0.2) is 6.61 Å². The normalized spacial score (nSPS) is 23.7. The van der Waals surface area contributed by atoms with Crippen LogP contribution in [0.1, 0.15) is 49.3 Å². The molecule has 1 heterocycles. The van der Waals surface area contributed by atoms with Gasteiger partial charge in [-0.25, -0.2) is 0 Å². The van der Waals surface area contributed by atoms with Crippen LogP contribution in [0.5, 0.6) is 5.75 Å². The molecule has 0 saturated carbocycles. The van der Waals surface area contributed by atoms with Crippen molar-refractivity contribution >= 4 is 17.3 Å². The third-order valence-electron chi connectivity index (χ3n) is 5.34. The number of fused-ring (bicyclic) bond motifs is 3. The Bertz CT molecular complexity index is 785. The molecule has 3 unspecified atom stereocenters. The highest BCUT2D eigenvalue weighted by molar-refractivity contribution is 6.31. The molecule has 2 aromatic rings. The van der Waals surface area contributed by atoms with Gasteiger partial charge in [0.05, 0.1) is 12.6 Å². The first-order chi connectivity index (χ1) is 12.3. The van der Waals surface area contributed by atoms with Gasteiger partial charge in [0.1, 0.15) is 5.75 Å². The van der Waals surface area contributed by atoms with Gasteiger partial charge >= 0.3 is 0 Å². The van der Waals surface area contributed by atoms with E-state index in [0.717, 1.165) is 36.6 Å². The van der Waals surface area contributed by atoms with Crippen LogP contribution in [0.25, 0.3) is 0 Å². The largest absolute Gasteiger partial charge is 0.494 e. The van der Waals surface area contributed by atoms with Gasteiger partial charge in [-0.15, -0.1) is 0 Å². The minimum Gasteiger partial charge on any atom is -0.494 e. The molecule has 25 heavy (non-hydrogen) atoms. The maximum atomic E-state index is 6.49. The van der Waals surface area contributed by atoms with E-state index in [1.165, 1.54) is 16.8 Å². The molecule has 1 N–H and O–H groups in total. The fourth-order valence-corrected chi connectivity index (χ4v) is 4.29. The summed E-state index contributed by atoms with van der Waals surface area (Å²) in [5, 5.41) is 4.58. The number of rotatable bonds is 5. The van der Waals surface area contributed by atoms with Crippen LogP contribution >= 0.6 is 11.6 Å². The molecule has 2 aliphatic rings. The highest BCUT2D eigenvalue weighted by atomic mass is 35.5. The van der Waals surface area contributed by atoms with Crippen LogP contribution in [-0.2, 0) is 0 Å². The molecule has 4 rings (SSSR count). The van der Waals surface area contributed by atoms with Gasteiger partial charge in [-0.1, -0.05) is 55.3 Å². The Labute approximate surface area is 154 Å². The van der Waals surface area contributed by atoms with Crippen molar-refractivity contribution in [2.45, 2.75) is 38.1 Å². The first kappa shape index (κ1) is 16.5. The van der Waals surface area contributed by atoms with Crippen molar-refractivity contribution < 1.29 is 4.74 Å². The Balaban J connectivity index is 1.65. The second-order valence-corrected chi connectivity index (χ2v) is 7.36. The first-order valence-electron chi connectivity index (χ1n) is 9.22. The van der Waals surface area contributed by atoms with Crippen LogP contribution in [0.15, 0.2) is 54.6 Å². The van der Waals surface area contributed by atoms with Crippen molar-refractivity contribution in [1.29, 1.82) is 0 Å². The number of unbranched alkanes of at least 4 members (excludes halogenated alkanes) is 1. The standard InChI is InChI=1S/C22H24ClNO/c1-2-3-13-25-15-11-12-21-19(14-15)16-8-6-9-17(16)22(24-21)18-7-4-5-10-20(18)23/h4-8,10-12,14,16-17,22,24H,2-3,9,13H2,1H3. The van der Waals surface area contributed by atoms with Crippen LogP contribution in [0.4, 0.5) is 5.69 Å². The maximum absolute atomic E-state index is 6.49. The molecule has 0 saturated heterocycles. The third-order valence-corrected chi connectivity index (χ3v) is 5.69. The molecule has 1 aliphatic heterocycles. The zero-order chi connectivity index (χ0) is 17.2. The highest BCUT2D eigenvalue weighted by Gasteiger charge is 2.38. The zero-order valence-electron chi connectivity index (χ0n) is 14.5. The molecule has 3 heteroatoms. The van der Waals surface area contributed by atoms with Crippen LogP contribution < -0.4 is 10.1 Å². The number of hydrogen-bond acceptors (Lipinski definition) is 2. The van der Waals surface area contributed by atoms with E-state index in [0.29, 0.717) is 11.8 Å². The second kappa shape index (κ2) is 7.13. The molecule has 1 aliphatic carbocycles. The number of hydrogen-bond donors (Lipinski definition) is 1. The lowest BCUT2D eigenvalue weighted by Crippen LogP contribution is -2.29. The van der Waals surface area contributed by atoms with E-state index in [1.54, 1.807) is 0 Å². The molecular formula is C22H24ClNO. The second-order valence-electron chi connectivity index (χ2n) is 6.95. The zero-order valence-corrected chi connectivity index (χ0v) is 15.3. The van der Waals surface area contributed by atoms with Gasteiger partial charge in [0.25, 0.3) is 0 Å². The minimum atomic E-state index is 0.244. The molecule has 0 radical (unpaired) electrons. The van der Waals surface area contributed by atoms with Gasteiger partial charge in [0.15, 0.2) is 0 Å². The number of anilines is 1.